The van der Waals surface area contributed by atoms with E-state index in [1.165, 1.54) is 104 Å². The number of H-pyrrole nitrogens is 1. The summed E-state index contributed by atoms with van der Waals surface area (Å²) >= 11 is 0. The molecule has 0 atom stereocenters. The summed E-state index contributed by atoms with van der Waals surface area (Å²) in [5, 5.41) is 10.2. The molecule has 230 valence electrons. The van der Waals surface area contributed by atoms with Crippen molar-refractivity contribution in [3.8, 4) is 27.9 Å². The number of fused-ring (bicyclic) bond motifs is 13. The number of aromatic amines is 1. The van der Waals surface area contributed by atoms with Crippen LogP contribution in [0.4, 0.5) is 0 Å². The SMILES string of the molecule is CC1(C)c2cc3[nH]c4ccc(-c5cc6c7ccccc7n(-c7ccccc7)c6c6ccccc56)cc4c3cc2-c2c1ccc1ccccc21. The second-order valence-corrected chi connectivity index (χ2v) is 14.2. The second kappa shape index (κ2) is 9.49. The van der Waals surface area contributed by atoms with Crippen molar-refractivity contribution in [2.24, 2.45) is 0 Å². The monoisotopic (exact) mass is 624 g/mol. The van der Waals surface area contributed by atoms with E-state index in [4.69, 9.17) is 0 Å². The highest BCUT2D eigenvalue weighted by molar-refractivity contribution is 6.22. The highest BCUT2D eigenvalue weighted by atomic mass is 15.0. The first-order valence-corrected chi connectivity index (χ1v) is 17.2. The van der Waals surface area contributed by atoms with Crippen molar-refractivity contribution in [1.29, 1.82) is 0 Å². The van der Waals surface area contributed by atoms with Gasteiger partial charge in [0.05, 0.1) is 11.0 Å². The third kappa shape index (κ3) is 3.55. The van der Waals surface area contributed by atoms with Crippen molar-refractivity contribution in [3.05, 3.63) is 163 Å². The van der Waals surface area contributed by atoms with Crippen LogP contribution in [0.15, 0.2) is 152 Å². The Kier molecular flexibility index (Phi) is 5.21. The highest BCUT2D eigenvalue weighted by Crippen LogP contribution is 2.53. The van der Waals surface area contributed by atoms with Gasteiger partial charge in [-0.05, 0) is 98.1 Å². The standard InChI is InChI=1S/C47H32N2/c1-47(2)40-22-20-28-12-6-7-15-31(28)45(40)39-26-37-36-24-29(21-23-42(36)48-43(37)27-41(39)47)35-25-38-33-17-10-11-19-44(33)49(30-13-4-3-5-14-30)46(38)34-18-9-8-16-32(34)35/h3-27,48H,1-2H3. The molecule has 2 aromatic heterocycles. The molecule has 0 unspecified atom stereocenters. The van der Waals surface area contributed by atoms with Crippen molar-refractivity contribution in [3.63, 3.8) is 0 Å². The molecular formula is C47H32N2. The van der Waals surface area contributed by atoms with Crippen LogP contribution in [0.1, 0.15) is 25.0 Å². The predicted molar refractivity (Wildman–Crippen MR) is 208 cm³/mol. The lowest BCUT2D eigenvalue weighted by atomic mass is 9.82. The lowest BCUT2D eigenvalue weighted by Gasteiger charge is -2.21. The molecule has 1 aliphatic rings. The van der Waals surface area contributed by atoms with E-state index in [0.717, 1.165) is 0 Å². The Labute approximate surface area is 283 Å². The van der Waals surface area contributed by atoms with Crippen LogP contribution >= 0.6 is 0 Å². The number of aromatic nitrogens is 2. The minimum absolute atomic E-state index is 0.0708. The van der Waals surface area contributed by atoms with Crippen LogP contribution in [0.5, 0.6) is 0 Å². The van der Waals surface area contributed by atoms with Gasteiger partial charge >= 0.3 is 0 Å². The highest BCUT2D eigenvalue weighted by Gasteiger charge is 2.37. The van der Waals surface area contributed by atoms with Gasteiger partial charge in [-0.1, -0.05) is 117 Å². The Bertz CT molecular complexity index is 3010. The number of benzene rings is 8. The molecule has 2 heteroatoms. The van der Waals surface area contributed by atoms with Gasteiger partial charge in [0.15, 0.2) is 0 Å². The van der Waals surface area contributed by atoms with Gasteiger partial charge in [0.25, 0.3) is 0 Å². The largest absolute Gasteiger partial charge is 0.355 e. The summed E-state index contributed by atoms with van der Waals surface area (Å²) in [6, 6.07) is 56.2. The number of nitrogens with one attached hydrogen (secondary N) is 1. The average Bonchev–Trinajstić information content (AvgIpc) is 3.75. The maximum absolute atomic E-state index is 3.80. The molecule has 49 heavy (non-hydrogen) atoms. The smallest absolute Gasteiger partial charge is 0.0619 e. The fourth-order valence-corrected chi connectivity index (χ4v) is 8.97. The van der Waals surface area contributed by atoms with E-state index >= 15 is 0 Å². The molecule has 2 heterocycles. The molecule has 2 nitrogen and oxygen atoms in total. The average molecular weight is 625 g/mol. The number of hydrogen-bond donors (Lipinski definition) is 1. The Morgan fingerprint density at radius 1 is 0.469 bits per heavy atom. The number of hydrogen-bond acceptors (Lipinski definition) is 0. The zero-order valence-corrected chi connectivity index (χ0v) is 27.4. The first-order valence-electron chi connectivity index (χ1n) is 17.2. The van der Waals surface area contributed by atoms with Crippen molar-refractivity contribution in [2.45, 2.75) is 19.3 Å². The number of nitrogens with zero attached hydrogens (tertiary/aromatic N) is 1. The molecule has 0 fully saturated rings. The molecular weight excluding hydrogens is 593 g/mol. The zero-order valence-electron chi connectivity index (χ0n) is 27.4. The fraction of sp³-hybridized carbons (Fsp3) is 0.0638. The van der Waals surface area contributed by atoms with Crippen LogP contribution in [0.3, 0.4) is 0 Å². The number of rotatable bonds is 2. The quantitative estimate of drug-likeness (QED) is 0.198. The summed E-state index contributed by atoms with van der Waals surface area (Å²) in [5.41, 5.74) is 14.0. The van der Waals surface area contributed by atoms with Gasteiger partial charge < -0.3 is 9.55 Å². The molecule has 0 spiro atoms. The minimum Gasteiger partial charge on any atom is -0.355 e. The van der Waals surface area contributed by atoms with Crippen molar-refractivity contribution in [1.82, 2.24) is 9.55 Å². The van der Waals surface area contributed by atoms with Crippen LogP contribution in [0.25, 0.3) is 93.1 Å². The van der Waals surface area contributed by atoms with Gasteiger partial charge in [0.1, 0.15) is 0 Å². The van der Waals surface area contributed by atoms with E-state index in [2.05, 4.69) is 175 Å². The molecule has 0 amide bonds. The summed E-state index contributed by atoms with van der Waals surface area (Å²) in [6.45, 7) is 4.74. The zero-order chi connectivity index (χ0) is 32.4. The summed E-state index contributed by atoms with van der Waals surface area (Å²) in [6.07, 6.45) is 0. The van der Waals surface area contributed by atoms with E-state index in [-0.39, 0.29) is 5.41 Å². The van der Waals surface area contributed by atoms with E-state index in [0.29, 0.717) is 0 Å². The third-order valence-corrected chi connectivity index (χ3v) is 11.3. The van der Waals surface area contributed by atoms with Gasteiger partial charge in [0.2, 0.25) is 0 Å². The fourth-order valence-electron chi connectivity index (χ4n) is 8.97. The van der Waals surface area contributed by atoms with Crippen molar-refractivity contribution in [2.75, 3.05) is 0 Å². The van der Waals surface area contributed by atoms with Gasteiger partial charge in [-0.2, -0.15) is 0 Å². The number of para-hydroxylation sites is 2. The predicted octanol–water partition coefficient (Wildman–Crippen LogP) is 12.7. The molecule has 1 N–H and O–H groups in total. The lowest BCUT2D eigenvalue weighted by Crippen LogP contribution is -2.14. The third-order valence-electron chi connectivity index (χ3n) is 11.3. The summed E-state index contributed by atoms with van der Waals surface area (Å²) in [5.74, 6) is 0. The van der Waals surface area contributed by atoms with Crippen LogP contribution in [0.2, 0.25) is 0 Å². The molecule has 10 aromatic rings. The lowest BCUT2D eigenvalue weighted by molar-refractivity contribution is 0.661. The molecule has 0 saturated heterocycles. The minimum atomic E-state index is -0.0708. The van der Waals surface area contributed by atoms with Crippen LogP contribution in [0, 0.1) is 0 Å². The topological polar surface area (TPSA) is 20.7 Å². The van der Waals surface area contributed by atoms with E-state index < -0.39 is 0 Å². The van der Waals surface area contributed by atoms with E-state index in [1.54, 1.807) is 0 Å². The molecule has 11 rings (SSSR count). The summed E-state index contributed by atoms with van der Waals surface area (Å²) < 4.78 is 2.43. The van der Waals surface area contributed by atoms with Crippen LogP contribution in [-0.2, 0) is 5.41 Å². The molecule has 0 aliphatic heterocycles. The van der Waals surface area contributed by atoms with Gasteiger partial charge in [0, 0.05) is 49.1 Å². The molecule has 0 saturated carbocycles. The Morgan fingerprint density at radius 2 is 1.16 bits per heavy atom. The molecule has 1 aliphatic carbocycles. The van der Waals surface area contributed by atoms with E-state index in [1.807, 2.05) is 0 Å². The Balaban J connectivity index is 1.19. The van der Waals surface area contributed by atoms with Gasteiger partial charge in [-0.15, -0.1) is 0 Å². The first kappa shape index (κ1) is 26.9. The van der Waals surface area contributed by atoms with Gasteiger partial charge in [-0.3, -0.25) is 0 Å². The molecule has 8 aromatic carbocycles. The van der Waals surface area contributed by atoms with Crippen LogP contribution < -0.4 is 0 Å². The normalized spacial score (nSPS) is 13.7. The second-order valence-electron chi connectivity index (χ2n) is 14.2. The first-order chi connectivity index (χ1) is 24.1. The van der Waals surface area contributed by atoms with Crippen LogP contribution in [-0.4, -0.2) is 9.55 Å². The Hall–Kier alpha value is -6.12. The van der Waals surface area contributed by atoms with Crippen molar-refractivity contribution < 1.29 is 0 Å². The van der Waals surface area contributed by atoms with E-state index in [9.17, 15) is 0 Å². The molecule has 0 bridgehead atoms. The summed E-state index contributed by atoms with van der Waals surface area (Å²) in [7, 11) is 0. The van der Waals surface area contributed by atoms with Crippen molar-refractivity contribution >= 4 is 65.2 Å². The summed E-state index contributed by atoms with van der Waals surface area (Å²) in [4.78, 5) is 3.80. The maximum Gasteiger partial charge on any atom is 0.0619 e. The Morgan fingerprint density at radius 3 is 2.02 bits per heavy atom. The maximum atomic E-state index is 3.80. The van der Waals surface area contributed by atoms with Gasteiger partial charge in [-0.25, -0.2) is 0 Å². The molecule has 0 radical (unpaired) electrons.